The molecule has 4 aliphatic carbocycles. The first-order valence-electron chi connectivity index (χ1n) is 27.3. The van der Waals surface area contributed by atoms with Crippen molar-refractivity contribution >= 4 is 90.0 Å². The molecule has 6 aliphatic rings. The number of anilines is 5. The Balaban J connectivity index is 1.12. The Labute approximate surface area is 427 Å². The number of furan rings is 2. The highest BCUT2D eigenvalue weighted by atomic mass is 16.3. The van der Waals surface area contributed by atoms with Gasteiger partial charge in [0.15, 0.2) is 0 Å². The van der Waals surface area contributed by atoms with Crippen LogP contribution in [0.1, 0.15) is 156 Å². The van der Waals surface area contributed by atoms with E-state index in [0.717, 1.165) is 53.5 Å². The molecule has 0 N–H and O–H groups in total. The molecule has 364 valence electrons. The van der Waals surface area contributed by atoms with E-state index in [-0.39, 0.29) is 39.2 Å². The van der Waals surface area contributed by atoms with Crippen molar-refractivity contribution in [3.63, 3.8) is 0 Å². The molecule has 0 amide bonds. The molecule has 5 heteroatoms. The smallest absolute Gasteiger partial charge is 0.296 e. The molecule has 1 saturated carbocycles. The first kappa shape index (κ1) is 44.7. The van der Waals surface area contributed by atoms with E-state index in [2.05, 4.69) is 203 Å². The van der Waals surface area contributed by atoms with Crippen LogP contribution in [0.4, 0.5) is 28.4 Å². The summed E-state index contributed by atoms with van der Waals surface area (Å²) in [4.78, 5) is 5.37. The van der Waals surface area contributed by atoms with Crippen LogP contribution < -0.4 is 20.9 Å². The van der Waals surface area contributed by atoms with Gasteiger partial charge >= 0.3 is 0 Å². The Morgan fingerprint density at radius 1 is 0.514 bits per heavy atom. The number of aryl methyl sites for hydroxylation is 1. The molecule has 6 aromatic carbocycles. The van der Waals surface area contributed by atoms with Crippen molar-refractivity contribution in [1.82, 2.24) is 0 Å². The number of hydrogen-bond acceptors (Lipinski definition) is 4. The second-order valence-corrected chi connectivity index (χ2v) is 27.4. The van der Waals surface area contributed by atoms with Crippen LogP contribution in [0.2, 0.25) is 0 Å². The molecule has 0 spiro atoms. The zero-order chi connectivity index (χ0) is 50.0. The number of fused-ring (bicyclic) bond motifs is 12. The van der Waals surface area contributed by atoms with Crippen LogP contribution in [-0.4, -0.2) is 6.71 Å². The lowest BCUT2D eigenvalue weighted by Crippen LogP contribution is -2.56. The lowest BCUT2D eigenvalue weighted by molar-refractivity contribution is 0.121. The summed E-state index contributed by atoms with van der Waals surface area (Å²) in [6.45, 7) is 32.0. The molecule has 0 saturated heterocycles. The zero-order valence-corrected chi connectivity index (χ0v) is 45.1. The standard InChI is InChI=1S/C67H71BN2O2/c1-38-29-53-59-54(30-38)70(51-19-16-20-55-58(51)42-31-39-17-14-15-18-40(39)32-56(42)71-55)52-36-48-47(65(8,9)26-27-66(48,10)11)35-50(52)68(59)61-60(43-34-46-49(37-57(43)72-61)67(12,13)28-25-64(46,6)7)69(53)41-21-22-44-45(33-41)63(4,5)24-23-62(44,2)3/h14-22,29-35,37,48H,23-28,36H2,1-13H3. The van der Waals surface area contributed by atoms with Crippen molar-refractivity contribution in [2.45, 2.75) is 157 Å². The van der Waals surface area contributed by atoms with E-state index in [1.165, 1.54) is 114 Å². The fourth-order valence-electron chi connectivity index (χ4n) is 15.2. The molecule has 0 bridgehead atoms. The van der Waals surface area contributed by atoms with Gasteiger partial charge < -0.3 is 18.6 Å². The van der Waals surface area contributed by atoms with Gasteiger partial charge in [-0.2, -0.15) is 0 Å². The predicted octanol–water partition coefficient (Wildman–Crippen LogP) is 17.6. The Morgan fingerprint density at radius 3 is 1.83 bits per heavy atom. The van der Waals surface area contributed by atoms with Gasteiger partial charge in [-0.3, -0.25) is 0 Å². The quantitative estimate of drug-likeness (QED) is 0.162. The minimum atomic E-state index is -0.106. The van der Waals surface area contributed by atoms with Crippen molar-refractivity contribution in [2.24, 2.45) is 16.7 Å². The van der Waals surface area contributed by atoms with Gasteiger partial charge in [0.1, 0.15) is 16.7 Å². The lowest BCUT2D eigenvalue weighted by atomic mass is 9.33. The summed E-state index contributed by atoms with van der Waals surface area (Å²) < 4.78 is 14.7. The van der Waals surface area contributed by atoms with Crippen LogP contribution in [0.3, 0.4) is 0 Å². The third-order valence-corrected chi connectivity index (χ3v) is 20.0. The van der Waals surface area contributed by atoms with E-state index in [1.807, 2.05) is 0 Å². The first-order chi connectivity index (χ1) is 34.0. The topological polar surface area (TPSA) is 32.8 Å². The van der Waals surface area contributed by atoms with E-state index >= 15 is 0 Å². The van der Waals surface area contributed by atoms with Gasteiger partial charge in [0.2, 0.25) is 0 Å². The molecule has 1 atom stereocenters. The highest BCUT2D eigenvalue weighted by molar-refractivity contribution is 6.95. The van der Waals surface area contributed by atoms with Crippen LogP contribution in [0, 0.1) is 23.7 Å². The minimum Gasteiger partial charge on any atom is -0.468 e. The second-order valence-electron chi connectivity index (χ2n) is 27.4. The maximum Gasteiger partial charge on any atom is 0.296 e. The molecule has 14 rings (SSSR count). The summed E-state index contributed by atoms with van der Waals surface area (Å²) in [7, 11) is 0. The number of rotatable bonds is 2. The zero-order valence-electron chi connectivity index (χ0n) is 45.1. The fraction of sp³-hybridized carbons (Fsp3) is 0.403. The number of allylic oxidation sites excluding steroid dienone is 4. The summed E-state index contributed by atoms with van der Waals surface area (Å²) >= 11 is 0. The minimum absolute atomic E-state index is 0.0412. The lowest BCUT2D eigenvalue weighted by Gasteiger charge is -2.53. The first-order valence-corrected chi connectivity index (χ1v) is 27.3. The summed E-state index contributed by atoms with van der Waals surface area (Å²) in [5.41, 5.74) is 23.3. The fourth-order valence-corrected chi connectivity index (χ4v) is 15.2. The van der Waals surface area contributed by atoms with E-state index < -0.39 is 0 Å². The van der Waals surface area contributed by atoms with Crippen molar-refractivity contribution in [3.8, 4) is 0 Å². The van der Waals surface area contributed by atoms with Crippen molar-refractivity contribution in [1.29, 1.82) is 0 Å². The molecule has 4 heterocycles. The monoisotopic (exact) mass is 947 g/mol. The normalized spacial score (nSPS) is 22.6. The van der Waals surface area contributed by atoms with Crippen LogP contribution in [0.15, 0.2) is 129 Å². The molecular formula is C67H71BN2O2. The van der Waals surface area contributed by atoms with Gasteiger partial charge in [-0.05, 0) is 200 Å². The third-order valence-electron chi connectivity index (χ3n) is 20.0. The molecule has 2 aromatic heterocycles. The number of hydrogen-bond donors (Lipinski definition) is 0. The average molecular weight is 947 g/mol. The Hall–Kier alpha value is -5.94. The van der Waals surface area contributed by atoms with Crippen molar-refractivity contribution < 1.29 is 8.83 Å². The van der Waals surface area contributed by atoms with Gasteiger partial charge in [-0.25, -0.2) is 0 Å². The molecular weight excluding hydrogens is 876 g/mol. The average Bonchev–Trinajstić information content (AvgIpc) is 3.89. The molecule has 1 fully saturated rings. The molecule has 0 radical (unpaired) electrons. The maximum absolute atomic E-state index is 7.77. The summed E-state index contributed by atoms with van der Waals surface area (Å²) in [6.07, 6.45) is 10.7. The van der Waals surface area contributed by atoms with E-state index in [9.17, 15) is 0 Å². The van der Waals surface area contributed by atoms with Gasteiger partial charge in [-0.1, -0.05) is 131 Å². The Morgan fingerprint density at radius 2 is 1.12 bits per heavy atom. The van der Waals surface area contributed by atoms with Gasteiger partial charge in [0.05, 0.1) is 22.4 Å². The molecule has 2 aliphatic heterocycles. The number of benzene rings is 6. The van der Waals surface area contributed by atoms with Gasteiger partial charge in [0, 0.05) is 33.5 Å². The van der Waals surface area contributed by atoms with Crippen LogP contribution in [0.25, 0.3) is 43.7 Å². The Bertz CT molecular complexity index is 3790. The summed E-state index contributed by atoms with van der Waals surface area (Å²) in [6, 6.07) is 37.6. The largest absolute Gasteiger partial charge is 0.468 e. The SMILES string of the molecule is Cc1cc2c3c(c1)N(c1ccc4c(c1)C(C)(C)CCC4(C)C)c1c(oc4cc5c(cc14)C(C)(C)CCC5(C)C)B3C1=C(CC3C(=C1)C(C)(C)CCC3(C)C)N2c1cccc2oc3cc4ccccc4cc3c12. The third kappa shape index (κ3) is 6.06. The molecule has 8 aromatic rings. The van der Waals surface area contributed by atoms with E-state index in [4.69, 9.17) is 8.83 Å². The van der Waals surface area contributed by atoms with Crippen molar-refractivity contribution in [3.05, 3.63) is 148 Å². The molecule has 1 unspecified atom stereocenters. The van der Waals surface area contributed by atoms with Gasteiger partial charge in [-0.15, -0.1) is 0 Å². The molecule has 72 heavy (non-hydrogen) atoms. The van der Waals surface area contributed by atoms with Crippen LogP contribution in [-0.2, 0) is 21.7 Å². The highest BCUT2D eigenvalue weighted by Crippen LogP contribution is 2.60. The van der Waals surface area contributed by atoms with Crippen LogP contribution >= 0.6 is 0 Å². The van der Waals surface area contributed by atoms with Crippen LogP contribution in [0.5, 0.6) is 0 Å². The van der Waals surface area contributed by atoms with Crippen molar-refractivity contribution in [2.75, 3.05) is 9.80 Å². The number of nitrogens with zero attached hydrogens (tertiary/aromatic N) is 2. The van der Waals surface area contributed by atoms with Gasteiger partial charge in [0.25, 0.3) is 6.71 Å². The highest BCUT2D eigenvalue weighted by Gasteiger charge is 2.53. The second kappa shape index (κ2) is 14.2. The summed E-state index contributed by atoms with van der Waals surface area (Å²) in [5, 5.41) is 5.98. The predicted molar refractivity (Wildman–Crippen MR) is 305 cm³/mol. The van der Waals surface area contributed by atoms with E-state index in [0.29, 0.717) is 5.92 Å². The molecule has 4 nitrogen and oxygen atoms in total. The summed E-state index contributed by atoms with van der Waals surface area (Å²) in [5.74, 6) is 0.395. The maximum atomic E-state index is 7.77. The Kier molecular flexibility index (Phi) is 8.83. The van der Waals surface area contributed by atoms with E-state index in [1.54, 1.807) is 5.57 Å².